The van der Waals surface area contributed by atoms with Gasteiger partial charge in [0.15, 0.2) is 0 Å². The van der Waals surface area contributed by atoms with Gasteiger partial charge in [0.2, 0.25) is 11.8 Å². The molecule has 0 saturated carbocycles. The van der Waals surface area contributed by atoms with Crippen LogP contribution >= 0.6 is 11.3 Å². The minimum Gasteiger partial charge on any atom is -0.379 e. The van der Waals surface area contributed by atoms with E-state index < -0.39 is 17.4 Å². The molecule has 4 aliphatic heterocycles. The highest BCUT2D eigenvalue weighted by molar-refractivity contribution is 7.09. The third kappa shape index (κ3) is 3.08. The summed E-state index contributed by atoms with van der Waals surface area (Å²) in [4.78, 5) is 31.4. The highest BCUT2D eigenvalue weighted by Crippen LogP contribution is 2.52. The first-order chi connectivity index (χ1) is 13.7. The molecule has 0 aliphatic carbocycles. The molecule has 8 heteroatoms. The smallest absolute Gasteiger partial charge is 0.230 e. The van der Waals surface area contributed by atoms with E-state index in [1.54, 1.807) is 11.3 Å². The van der Waals surface area contributed by atoms with Crippen LogP contribution in [-0.2, 0) is 25.6 Å². The number of amides is 2. The molecule has 150 valence electrons. The van der Waals surface area contributed by atoms with Crippen molar-refractivity contribution in [2.75, 3.05) is 45.9 Å². The van der Waals surface area contributed by atoms with Crippen LogP contribution in [0.15, 0.2) is 29.7 Å². The predicted octanol–water partition coefficient (Wildman–Crippen LogP) is 0.479. The van der Waals surface area contributed by atoms with Gasteiger partial charge in [0.1, 0.15) is 5.60 Å². The van der Waals surface area contributed by atoms with Gasteiger partial charge in [0.05, 0.1) is 44.2 Å². The summed E-state index contributed by atoms with van der Waals surface area (Å²) in [6.07, 6.45) is 3.68. The second kappa shape index (κ2) is 7.26. The first-order valence-electron chi connectivity index (χ1n) is 9.92. The van der Waals surface area contributed by atoms with Crippen LogP contribution in [0.2, 0.25) is 0 Å². The average Bonchev–Trinajstić information content (AvgIpc) is 3.46. The molecule has 1 N–H and O–H groups in total. The van der Waals surface area contributed by atoms with E-state index in [9.17, 15) is 9.59 Å². The number of hydrogen-bond acceptors (Lipinski definition) is 6. The van der Waals surface area contributed by atoms with Crippen molar-refractivity contribution >= 4 is 23.2 Å². The third-order valence-electron chi connectivity index (χ3n) is 6.24. The second-order valence-corrected chi connectivity index (χ2v) is 8.95. The van der Waals surface area contributed by atoms with E-state index in [-0.39, 0.29) is 17.9 Å². The number of fused-ring (bicyclic) bond motifs is 1. The summed E-state index contributed by atoms with van der Waals surface area (Å²) >= 11 is 1.64. The summed E-state index contributed by atoms with van der Waals surface area (Å²) in [5.74, 6) is -0.879. The van der Waals surface area contributed by atoms with Gasteiger partial charge in [-0.1, -0.05) is 18.2 Å². The van der Waals surface area contributed by atoms with E-state index in [1.165, 1.54) is 0 Å². The van der Waals surface area contributed by atoms with Crippen molar-refractivity contribution in [3.63, 3.8) is 0 Å². The van der Waals surface area contributed by atoms with Crippen LogP contribution in [0.25, 0.3) is 0 Å². The van der Waals surface area contributed by atoms with Crippen molar-refractivity contribution in [3.8, 4) is 0 Å². The Morgan fingerprint density at radius 2 is 2.21 bits per heavy atom. The highest BCUT2D eigenvalue weighted by Gasteiger charge is 2.66. The van der Waals surface area contributed by atoms with Gasteiger partial charge in [0, 0.05) is 31.1 Å². The molecule has 3 saturated heterocycles. The maximum Gasteiger partial charge on any atom is 0.230 e. The topological polar surface area (TPSA) is 71.1 Å². The SMILES string of the molecule is O=C(NCCN1CCOCC1)C1C2C=CC3(CN(Cc4cccs4)C(=O)C13)O2. The number of rotatable bonds is 6. The predicted molar refractivity (Wildman–Crippen MR) is 104 cm³/mol. The Morgan fingerprint density at radius 3 is 3.00 bits per heavy atom. The molecule has 4 aliphatic rings. The van der Waals surface area contributed by atoms with E-state index in [0.717, 1.165) is 37.7 Å². The number of carbonyl (C=O) groups excluding carboxylic acids is 2. The van der Waals surface area contributed by atoms with Crippen LogP contribution in [0.4, 0.5) is 0 Å². The van der Waals surface area contributed by atoms with Gasteiger partial charge in [-0.25, -0.2) is 0 Å². The molecule has 5 heterocycles. The minimum atomic E-state index is -0.634. The lowest BCUT2D eigenvalue weighted by Gasteiger charge is -2.27. The van der Waals surface area contributed by atoms with Gasteiger partial charge in [-0.05, 0) is 11.4 Å². The van der Waals surface area contributed by atoms with Crippen molar-refractivity contribution in [2.45, 2.75) is 18.2 Å². The zero-order chi connectivity index (χ0) is 19.1. The van der Waals surface area contributed by atoms with Crippen LogP contribution in [0, 0.1) is 11.8 Å². The van der Waals surface area contributed by atoms with E-state index in [0.29, 0.717) is 19.6 Å². The third-order valence-corrected chi connectivity index (χ3v) is 7.10. The Hall–Kier alpha value is -1.74. The lowest BCUT2D eigenvalue weighted by Crippen LogP contribution is -2.46. The molecule has 2 bridgehead atoms. The van der Waals surface area contributed by atoms with Gasteiger partial charge in [0.25, 0.3) is 0 Å². The Kier molecular flexibility index (Phi) is 4.74. The highest BCUT2D eigenvalue weighted by atomic mass is 32.1. The summed E-state index contributed by atoms with van der Waals surface area (Å²) in [5, 5.41) is 5.06. The Morgan fingerprint density at radius 1 is 1.36 bits per heavy atom. The van der Waals surface area contributed by atoms with Crippen LogP contribution < -0.4 is 5.32 Å². The molecule has 1 spiro atoms. The molecule has 5 rings (SSSR count). The first-order valence-corrected chi connectivity index (χ1v) is 10.8. The number of morpholine rings is 1. The number of thiophene rings is 1. The van der Waals surface area contributed by atoms with E-state index >= 15 is 0 Å². The van der Waals surface area contributed by atoms with Gasteiger partial charge >= 0.3 is 0 Å². The van der Waals surface area contributed by atoms with Gasteiger partial charge < -0.3 is 19.7 Å². The molecule has 1 aromatic rings. The lowest BCUT2D eigenvalue weighted by atomic mass is 9.77. The summed E-state index contributed by atoms with van der Waals surface area (Å²) < 4.78 is 11.5. The van der Waals surface area contributed by atoms with Crippen molar-refractivity contribution < 1.29 is 19.1 Å². The molecule has 4 unspecified atom stereocenters. The average molecular weight is 404 g/mol. The Balaban J connectivity index is 1.24. The summed E-state index contributed by atoms with van der Waals surface area (Å²) in [6.45, 7) is 5.79. The molecular formula is C20H25N3O4S. The van der Waals surface area contributed by atoms with Crippen LogP contribution in [0.1, 0.15) is 4.88 Å². The van der Waals surface area contributed by atoms with E-state index in [1.807, 2.05) is 34.6 Å². The molecule has 28 heavy (non-hydrogen) atoms. The fourth-order valence-corrected chi connectivity index (χ4v) is 5.60. The van der Waals surface area contributed by atoms with Crippen LogP contribution in [0.3, 0.4) is 0 Å². The summed E-state index contributed by atoms with van der Waals surface area (Å²) in [7, 11) is 0. The number of nitrogens with one attached hydrogen (secondary N) is 1. The summed E-state index contributed by atoms with van der Waals surface area (Å²) in [5.41, 5.74) is -0.634. The number of hydrogen-bond donors (Lipinski definition) is 1. The molecular weight excluding hydrogens is 378 g/mol. The number of ether oxygens (including phenoxy) is 2. The molecule has 3 fully saturated rings. The van der Waals surface area contributed by atoms with Gasteiger partial charge in [-0.3, -0.25) is 14.5 Å². The second-order valence-electron chi connectivity index (χ2n) is 7.92. The van der Waals surface area contributed by atoms with Crippen molar-refractivity contribution in [2.24, 2.45) is 11.8 Å². The molecule has 1 aromatic heterocycles. The standard InChI is InChI=1S/C20H25N3O4S/c24-18(21-5-6-22-7-9-26-10-8-22)16-15-3-4-20(27-15)13-23(19(25)17(16)20)12-14-2-1-11-28-14/h1-4,11,15-17H,5-10,12-13H2,(H,21,24). The molecule has 7 nitrogen and oxygen atoms in total. The zero-order valence-electron chi connectivity index (χ0n) is 15.7. The minimum absolute atomic E-state index is 0.0357. The largest absolute Gasteiger partial charge is 0.379 e. The first kappa shape index (κ1) is 18.3. The fourth-order valence-electron chi connectivity index (χ4n) is 4.88. The van der Waals surface area contributed by atoms with Crippen LogP contribution in [0.5, 0.6) is 0 Å². The maximum absolute atomic E-state index is 13.1. The van der Waals surface area contributed by atoms with E-state index in [4.69, 9.17) is 9.47 Å². The monoisotopic (exact) mass is 403 g/mol. The van der Waals surface area contributed by atoms with Crippen molar-refractivity contribution in [1.82, 2.24) is 15.1 Å². The summed E-state index contributed by atoms with van der Waals surface area (Å²) in [6, 6.07) is 4.03. The van der Waals surface area contributed by atoms with Crippen molar-refractivity contribution in [3.05, 3.63) is 34.5 Å². The number of nitrogens with zero attached hydrogens (tertiary/aromatic N) is 2. The normalized spacial score (nSPS) is 34.2. The molecule has 0 radical (unpaired) electrons. The lowest BCUT2D eigenvalue weighted by molar-refractivity contribution is -0.137. The maximum atomic E-state index is 13.1. The quantitative estimate of drug-likeness (QED) is 0.700. The Labute approximate surface area is 168 Å². The number of carbonyl (C=O) groups is 2. The van der Waals surface area contributed by atoms with Gasteiger partial charge in [-0.15, -0.1) is 11.3 Å². The van der Waals surface area contributed by atoms with E-state index in [2.05, 4.69) is 10.2 Å². The molecule has 4 atom stereocenters. The van der Waals surface area contributed by atoms with Crippen molar-refractivity contribution in [1.29, 1.82) is 0 Å². The zero-order valence-corrected chi connectivity index (χ0v) is 16.5. The molecule has 2 amide bonds. The van der Waals surface area contributed by atoms with Gasteiger partial charge in [-0.2, -0.15) is 0 Å². The fraction of sp³-hybridized carbons (Fsp3) is 0.600. The molecule has 0 aromatic carbocycles. The van der Waals surface area contributed by atoms with Crippen LogP contribution in [-0.4, -0.2) is 79.3 Å². The Bertz CT molecular complexity index is 776. The number of likely N-dealkylation sites (tertiary alicyclic amines) is 1.